The van der Waals surface area contributed by atoms with Crippen molar-refractivity contribution in [3.63, 3.8) is 0 Å². The zero-order valence-electron chi connectivity index (χ0n) is 12.2. The van der Waals surface area contributed by atoms with Gasteiger partial charge in [-0.15, -0.1) is 0 Å². The highest BCUT2D eigenvalue weighted by Gasteiger charge is 2.37. The van der Waals surface area contributed by atoms with Gasteiger partial charge in [0.05, 0.1) is 6.10 Å². The zero-order valence-corrected chi connectivity index (χ0v) is 12.2. The Bertz CT molecular complexity index is 270. The van der Waals surface area contributed by atoms with Crippen molar-refractivity contribution in [1.82, 2.24) is 10.2 Å². The van der Waals surface area contributed by atoms with Crippen molar-refractivity contribution >= 4 is 0 Å². The first-order chi connectivity index (χ1) is 9.26. The predicted octanol–water partition coefficient (Wildman–Crippen LogP) is 2.00. The Labute approximate surface area is 117 Å². The van der Waals surface area contributed by atoms with Gasteiger partial charge >= 0.3 is 0 Å². The van der Waals surface area contributed by atoms with E-state index >= 15 is 0 Å². The first kappa shape index (κ1) is 13.8. The van der Waals surface area contributed by atoms with Crippen LogP contribution in [-0.2, 0) is 0 Å². The maximum Gasteiger partial charge on any atom is 0.0540 e. The van der Waals surface area contributed by atoms with E-state index in [1.54, 1.807) is 0 Å². The minimum absolute atomic E-state index is 0.00149. The van der Waals surface area contributed by atoms with Gasteiger partial charge in [-0.1, -0.05) is 0 Å². The standard InChI is InChI=1S/C16H30N2O/c19-15-1-5-16(6-2-15)7-11-18(12-8-16)13-14-3-9-17-10-4-14/h14-15,17,19H,1-13H2. The largest absolute Gasteiger partial charge is 0.393 e. The van der Waals surface area contributed by atoms with E-state index in [1.807, 2.05) is 0 Å². The Morgan fingerprint density at radius 3 is 2.21 bits per heavy atom. The Balaban J connectivity index is 1.44. The van der Waals surface area contributed by atoms with E-state index in [-0.39, 0.29) is 6.10 Å². The molecular formula is C16H30N2O. The molecule has 3 fully saturated rings. The highest BCUT2D eigenvalue weighted by Crippen LogP contribution is 2.44. The number of rotatable bonds is 2. The molecule has 0 aromatic heterocycles. The summed E-state index contributed by atoms with van der Waals surface area (Å²) in [7, 11) is 0. The summed E-state index contributed by atoms with van der Waals surface area (Å²) in [6.07, 6.45) is 10.1. The zero-order chi connectivity index (χ0) is 13.1. The molecule has 0 atom stereocenters. The minimum Gasteiger partial charge on any atom is -0.393 e. The highest BCUT2D eigenvalue weighted by molar-refractivity contribution is 4.90. The van der Waals surface area contributed by atoms with Gasteiger partial charge in [-0.05, 0) is 88.9 Å². The second kappa shape index (κ2) is 6.11. The van der Waals surface area contributed by atoms with E-state index in [0.29, 0.717) is 5.41 Å². The fraction of sp³-hybridized carbons (Fsp3) is 1.00. The normalized spacial score (nSPS) is 30.8. The monoisotopic (exact) mass is 266 g/mol. The molecule has 0 bridgehead atoms. The number of nitrogens with one attached hydrogen (secondary N) is 1. The summed E-state index contributed by atoms with van der Waals surface area (Å²) in [6, 6.07) is 0. The van der Waals surface area contributed by atoms with Gasteiger partial charge in [0, 0.05) is 6.54 Å². The average Bonchev–Trinajstić information content (AvgIpc) is 2.46. The quantitative estimate of drug-likeness (QED) is 0.802. The third-order valence-electron chi connectivity index (χ3n) is 5.91. The molecule has 3 aliphatic rings. The number of piperidine rings is 2. The van der Waals surface area contributed by atoms with E-state index < -0.39 is 0 Å². The SMILES string of the molecule is OC1CCC2(CC1)CCN(CC1CCNCC1)CC2. The second-order valence-electron chi connectivity index (χ2n) is 7.23. The molecule has 0 radical (unpaired) electrons. The fourth-order valence-electron chi connectivity index (χ4n) is 4.35. The Morgan fingerprint density at radius 2 is 1.58 bits per heavy atom. The number of likely N-dealkylation sites (tertiary alicyclic amines) is 1. The molecule has 0 unspecified atom stereocenters. The molecule has 1 spiro atoms. The molecule has 3 heteroatoms. The highest BCUT2D eigenvalue weighted by atomic mass is 16.3. The van der Waals surface area contributed by atoms with Crippen LogP contribution in [0, 0.1) is 11.3 Å². The van der Waals surface area contributed by atoms with Crippen LogP contribution in [0.3, 0.4) is 0 Å². The molecule has 0 aromatic rings. The first-order valence-corrected chi connectivity index (χ1v) is 8.37. The first-order valence-electron chi connectivity index (χ1n) is 8.37. The Kier molecular flexibility index (Phi) is 4.45. The van der Waals surface area contributed by atoms with Crippen molar-refractivity contribution in [2.45, 2.75) is 57.5 Å². The van der Waals surface area contributed by atoms with Crippen LogP contribution in [0.5, 0.6) is 0 Å². The van der Waals surface area contributed by atoms with Gasteiger partial charge < -0.3 is 15.3 Å². The molecule has 2 saturated heterocycles. The molecule has 2 aliphatic heterocycles. The minimum atomic E-state index is -0.00149. The van der Waals surface area contributed by atoms with E-state index in [0.717, 1.165) is 18.8 Å². The van der Waals surface area contributed by atoms with Crippen LogP contribution in [0.2, 0.25) is 0 Å². The smallest absolute Gasteiger partial charge is 0.0540 e. The number of aliphatic hydroxyl groups excluding tert-OH is 1. The van der Waals surface area contributed by atoms with Gasteiger partial charge in [0.15, 0.2) is 0 Å². The summed E-state index contributed by atoms with van der Waals surface area (Å²) in [5, 5.41) is 13.1. The second-order valence-corrected chi connectivity index (χ2v) is 7.23. The number of hydrogen-bond acceptors (Lipinski definition) is 3. The summed E-state index contributed by atoms with van der Waals surface area (Å²) in [5.41, 5.74) is 0.601. The lowest BCUT2D eigenvalue weighted by atomic mass is 9.67. The summed E-state index contributed by atoms with van der Waals surface area (Å²) in [5.74, 6) is 0.934. The van der Waals surface area contributed by atoms with E-state index in [4.69, 9.17) is 0 Å². The molecule has 0 aromatic carbocycles. The Morgan fingerprint density at radius 1 is 0.947 bits per heavy atom. The lowest BCUT2D eigenvalue weighted by Crippen LogP contribution is -2.45. The molecule has 3 nitrogen and oxygen atoms in total. The number of hydrogen-bond donors (Lipinski definition) is 2. The molecule has 0 amide bonds. The van der Waals surface area contributed by atoms with Crippen molar-refractivity contribution < 1.29 is 5.11 Å². The van der Waals surface area contributed by atoms with Crippen molar-refractivity contribution in [2.75, 3.05) is 32.7 Å². The number of nitrogens with zero attached hydrogens (tertiary/aromatic N) is 1. The van der Waals surface area contributed by atoms with Crippen LogP contribution < -0.4 is 5.32 Å². The van der Waals surface area contributed by atoms with Crippen LogP contribution in [0.1, 0.15) is 51.4 Å². The van der Waals surface area contributed by atoms with Gasteiger partial charge in [0.2, 0.25) is 0 Å². The van der Waals surface area contributed by atoms with Crippen molar-refractivity contribution in [3.05, 3.63) is 0 Å². The van der Waals surface area contributed by atoms with Crippen molar-refractivity contribution in [1.29, 1.82) is 0 Å². The van der Waals surface area contributed by atoms with Gasteiger partial charge in [0.1, 0.15) is 0 Å². The van der Waals surface area contributed by atoms with Crippen molar-refractivity contribution in [3.8, 4) is 0 Å². The molecule has 1 saturated carbocycles. The predicted molar refractivity (Wildman–Crippen MR) is 78.2 cm³/mol. The van der Waals surface area contributed by atoms with E-state index in [1.165, 1.54) is 71.2 Å². The third kappa shape index (κ3) is 3.50. The summed E-state index contributed by atoms with van der Waals surface area (Å²) in [6.45, 7) is 6.39. The molecule has 2 heterocycles. The maximum absolute atomic E-state index is 9.68. The number of aliphatic hydroxyl groups is 1. The van der Waals surface area contributed by atoms with Crippen LogP contribution in [0.15, 0.2) is 0 Å². The molecule has 110 valence electrons. The average molecular weight is 266 g/mol. The van der Waals surface area contributed by atoms with Gasteiger partial charge in [-0.3, -0.25) is 0 Å². The lowest BCUT2D eigenvalue weighted by Gasteiger charge is -2.46. The van der Waals surface area contributed by atoms with Crippen LogP contribution >= 0.6 is 0 Å². The topological polar surface area (TPSA) is 35.5 Å². The molecule has 2 N–H and O–H groups in total. The lowest BCUT2D eigenvalue weighted by molar-refractivity contribution is 0.0129. The molecular weight excluding hydrogens is 236 g/mol. The fourth-order valence-corrected chi connectivity index (χ4v) is 4.35. The van der Waals surface area contributed by atoms with Crippen LogP contribution in [-0.4, -0.2) is 48.8 Å². The molecule has 19 heavy (non-hydrogen) atoms. The van der Waals surface area contributed by atoms with Gasteiger partial charge in [-0.25, -0.2) is 0 Å². The maximum atomic E-state index is 9.68. The van der Waals surface area contributed by atoms with E-state index in [9.17, 15) is 5.11 Å². The van der Waals surface area contributed by atoms with E-state index in [2.05, 4.69) is 10.2 Å². The van der Waals surface area contributed by atoms with Crippen molar-refractivity contribution in [2.24, 2.45) is 11.3 Å². The molecule has 3 rings (SSSR count). The Hall–Kier alpha value is -0.120. The summed E-state index contributed by atoms with van der Waals surface area (Å²) in [4.78, 5) is 2.71. The summed E-state index contributed by atoms with van der Waals surface area (Å²) >= 11 is 0. The molecule has 1 aliphatic carbocycles. The van der Waals surface area contributed by atoms with Gasteiger partial charge in [-0.2, -0.15) is 0 Å². The summed E-state index contributed by atoms with van der Waals surface area (Å²) < 4.78 is 0. The van der Waals surface area contributed by atoms with Gasteiger partial charge in [0.25, 0.3) is 0 Å². The van der Waals surface area contributed by atoms with Crippen LogP contribution in [0.4, 0.5) is 0 Å². The third-order valence-corrected chi connectivity index (χ3v) is 5.91. The van der Waals surface area contributed by atoms with Crippen LogP contribution in [0.25, 0.3) is 0 Å².